The highest BCUT2D eigenvalue weighted by atomic mass is 32.2. The van der Waals surface area contributed by atoms with E-state index in [1.165, 1.54) is 37.7 Å². The molecule has 3 rings (SSSR count). The molecular weight excluding hydrogens is 320 g/mol. The summed E-state index contributed by atoms with van der Waals surface area (Å²) in [6.45, 7) is 0. The number of carbonyl (C=O) groups is 1. The highest BCUT2D eigenvalue weighted by molar-refractivity contribution is 7.98. The number of H-pyrrole nitrogens is 1. The fraction of sp³-hybridized carbons (Fsp3) is 0.474. The van der Waals surface area contributed by atoms with Gasteiger partial charge in [0, 0.05) is 10.5 Å². The van der Waals surface area contributed by atoms with E-state index < -0.39 is 0 Å². The van der Waals surface area contributed by atoms with Crippen molar-refractivity contribution in [1.29, 1.82) is 0 Å². The van der Waals surface area contributed by atoms with Gasteiger partial charge >= 0.3 is 5.97 Å². The molecule has 0 radical (unpaired) electrons. The molecule has 0 saturated heterocycles. The summed E-state index contributed by atoms with van der Waals surface area (Å²) in [6.07, 6.45) is 9.26. The number of aromatic nitrogens is 2. The zero-order valence-electron chi connectivity index (χ0n) is 14.3. The lowest BCUT2D eigenvalue weighted by Crippen LogP contribution is -2.09. The van der Waals surface area contributed by atoms with Gasteiger partial charge in [-0.15, -0.1) is 11.8 Å². The molecule has 5 heteroatoms. The molecule has 1 fully saturated rings. The number of thioether (sulfide) groups is 1. The number of benzene rings is 1. The van der Waals surface area contributed by atoms with Crippen LogP contribution in [0, 0.1) is 0 Å². The Morgan fingerprint density at radius 3 is 2.42 bits per heavy atom. The van der Waals surface area contributed by atoms with Gasteiger partial charge in [-0.05, 0) is 42.7 Å². The molecule has 0 aliphatic heterocycles. The van der Waals surface area contributed by atoms with Crippen LogP contribution >= 0.6 is 11.8 Å². The first-order valence-corrected chi connectivity index (χ1v) is 9.78. The Kier molecular flexibility index (Phi) is 5.61. The number of methoxy groups -OCH3 is 1. The summed E-state index contributed by atoms with van der Waals surface area (Å²) in [5.41, 5.74) is 3.54. The summed E-state index contributed by atoms with van der Waals surface area (Å²) in [7, 11) is 1.42. The Morgan fingerprint density at radius 1 is 1.17 bits per heavy atom. The normalized spacial score (nSPS) is 15.9. The Hall–Kier alpha value is -1.75. The molecule has 0 bridgehead atoms. The van der Waals surface area contributed by atoms with Gasteiger partial charge < -0.3 is 4.74 Å². The van der Waals surface area contributed by atoms with Crippen LogP contribution in [0.3, 0.4) is 0 Å². The molecule has 1 saturated carbocycles. The van der Waals surface area contributed by atoms with Crippen LogP contribution < -0.4 is 0 Å². The molecule has 1 aromatic carbocycles. The molecule has 1 aliphatic rings. The van der Waals surface area contributed by atoms with E-state index in [9.17, 15) is 4.79 Å². The van der Waals surface area contributed by atoms with Crippen LogP contribution in [0.5, 0.6) is 0 Å². The van der Waals surface area contributed by atoms with Crippen molar-refractivity contribution in [2.24, 2.45) is 0 Å². The highest BCUT2D eigenvalue weighted by Crippen LogP contribution is 2.38. The predicted octanol–water partition coefficient (Wildman–Crippen LogP) is 5.02. The van der Waals surface area contributed by atoms with Crippen molar-refractivity contribution in [2.75, 3.05) is 13.4 Å². The standard InChI is InChI=1S/C19H24N2O2S/c1-23-19(22)18-16(13-7-5-3-4-6-8-13)17(20-21-18)14-9-11-15(24-2)12-10-14/h9-13H,3-8H2,1-2H3,(H,20,21). The van der Waals surface area contributed by atoms with Crippen LogP contribution in [0.4, 0.5) is 0 Å². The Labute approximate surface area is 147 Å². The third kappa shape index (κ3) is 3.51. The van der Waals surface area contributed by atoms with E-state index in [2.05, 4.69) is 40.7 Å². The molecule has 0 amide bonds. The first-order valence-electron chi connectivity index (χ1n) is 8.55. The van der Waals surface area contributed by atoms with Crippen molar-refractivity contribution in [3.63, 3.8) is 0 Å². The minimum absolute atomic E-state index is 0.350. The molecule has 4 nitrogen and oxygen atoms in total. The van der Waals surface area contributed by atoms with Crippen LogP contribution in [0.15, 0.2) is 29.2 Å². The van der Waals surface area contributed by atoms with Gasteiger partial charge in [-0.3, -0.25) is 5.10 Å². The summed E-state index contributed by atoms with van der Waals surface area (Å²) < 4.78 is 4.96. The lowest BCUT2D eigenvalue weighted by Gasteiger charge is -2.16. The number of rotatable bonds is 4. The number of nitrogens with one attached hydrogen (secondary N) is 1. The molecular formula is C19H24N2O2S. The summed E-state index contributed by atoms with van der Waals surface area (Å²) in [5, 5.41) is 7.41. The van der Waals surface area contributed by atoms with Crippen molar-refractivity contribution < 1.29 is 9.53 Å². The Balaban J connectivity index is 2.04. The van der Waals surface area contributed by atoms with Gasteiger partial charge in [0.2, 0.25) is 0 Å². The van der Waals surface area contributed by atoms with Crippen LogP contribution in [0.2, 0.25) is 0 Å². The number of aromatic amines is 1. The second kappa shape index (κ2) is 7.88. The zero-order chi connectivity index (χ0) is 16.9. The van der Waals surface area contributed by atoms with Gasteiger partial charge in [0.1, 0.15) is 0 Å². The van der Waals surface area contributed by atoms with Gasteiger partial charge in [-0.1, -0.05) is 37.8 Å². The maximum atomic E-state index is 12.2. The van der Waals surface area contributed by atoms with Crippen molar-refractivity contribution >= 4 is 17.7 Å². The zero-order valence-corrected chi connectivity index (χ0v) is 15.1. The number of ether oxygens (including phenoxy) is 1. The Morgan fingerprint density at radius 2 is 1.83 bits per heavy atom. The summed E-state index contributed by atoms with van der Waals surface area (Å²) in [6, 6.07) is 8.41. The molecule has 24 heavy (non-hydrogen) atoms. The number of hydrogen-bond acceptors (Lipinski definition) is 4. The fourth-order valence-electron chi connectivity index (χ4n) is 3.55. The Bertz CT molecular complexity index is 686. The summed E-state index contributed by atoms with van der Waals surface area (Å²) in [5.74, 6) is 0.0213. The molecule has 2 aromatic rings. The number of carbonyl (C=O) groups excluding carboxylic acids is 1. The first-order chi connectivity index (χ1) is 11.7. The van der Waals surface area contributed by atoms with E-state index >= 15 is 0 Å². The third-order valence-corrected chi connectivity index (χ3v) is 5.57. The fourth-order valence-corrected chi connectivity index (χ4v) is 3.95. The van der Waals surface area contributed by atoms with Gasteiger partial charge in [0.05, 0.1) is 12.8 Å². The minimum Gasteiger partial charge on any atom is -0.464 e. The van der Waals surface area contributed by atoms with E-state index in [-0.39, 0.29) is 5.97 Å². The van der Waals surface area contributed by atoms with Gasteiger partial charge in [-0.25, -0.2) is 4.79 Å². The summed E-state index contributed by atoms with van der Waals surface area (Å²) >= 11 is 1.72. The number of esters is 1. The van der Waals surface area contributed by atoms with E-state index in [0.717, 1.165) is 29.7 Å². The SMILES string of the molecule is COC(=O)c1n[nH]c(-c2ccc(SC)cc2)c1C1CCCCCC1. The molecule has 0 unspecified atom stereocenters. The molecule has 1 N–H and O–H groups in total. The van der Waals surface area contributed by atoms with E-state index in [0.29, 0.717) is 11.6 Å². The topological polar surface area (TPSA) is 55.0 Å². The van der Waals surface area contributed by atoms with Crippen molar-refractivity contribution in [3.05, 3.63) is 35.5 Å². The van der Waals surface area contributed by atoms with Crippen LogP contribution in [-0.2, 0) is 4.74 Å². The van der Waals surface area contributed by atoms with Crippen molar-refractivity contribution in [2.45, 2.75) is 49.3 Å². The smallest absolute Gasteiger partial charge is 0.358 e. The maximum absolute atomic E-state index is 12.2. The first kappa shape index (κ1) is 17.1. The molecule has 1 heterocycles. The van der Waals surface area contributed by atoms with E-state index in [1.807, 2.05) is 0 Å². The van der Waals surface area contributed by atoms with Crippen LogP contribution in [-0.4, -0.2) is 29.5 Å². The van der Waals surface area contributed by atoms with Gasteiger partial charge in [0.25, 0.3) is 0 Å². The molecule has 1 aromatic heterocycles. The molecule has 128 valence electrons. The number of hydrogen-bond donors (Lipinski definition) is 1. The van der Waals surface area contributed by atoms with Crippen LogP contribution in [0.25, 0.3) is 11.3 Å². The average Bonchev–Trinajstić information content (AvgIpc) is 2.89. The third-order valence-electron chi connectivity index (χ3n) is 4.82. The van der Waals surface area contributed by atoms with Crippen LogP contribution in [0.1, 0.15) is 60.5 Å². The lowest BCUT2D eigenvalue weighted by molar-refractivity contribution is 0.0592. The predicted molar refractivity (Wildman–Crippen MR) is 97.6 cm³/mol. The molecule has 1 aliphatic carbocycles. The van der Waals surface area contributed by atoms with E-state index in [4.69, 9.17) is 4.74 Å². The summed E-state index contributed by atoms with van der Waals surface area (Å²) in [4.78, 5) is 13.4. The largest absolute Gasteiger partial charge is 0.464 e. The minimum atomic E-state index is -0.350. The van der Waals surface area contributed by atoms with Gasteiger partial charge in [0.15, 0.2) is 5.69 Å². The number of nitrogens with zero attached hydrogens (tertiary/aromatic N) is 1. The maximum Gasteiger partial charge on any atom is 0.358 e. The van der Waals surface area contributed by atoms with Gasteiger partial charge in [-0.2, -0.15) is 5.10 Å². The lowest BCUT2D eigenvalue weighted by atomic mass is 9.88. The van der Waals surface area contributed by atoms with Crippen molar-refractivity contribution in [3.8, 4) is 11.3 Å². The second-order valence-corrected chi connectivity index (χ2v) is 7.15. The second-order valence-electron chi connectivity index (χ2n) is 6.27. The average molecular weight is 344 g/mol. The quantitative estimate of drug-likeness (QED) is 0.480. The van der Waals surface area contributed by atoms with E-state index in [1.54, 1.807) is 11.8 Å². The molecule has 0 spiro atoms. The monoisotopic (exact) mass is 344 g/mol. The molecule has 0 atom stereocenters. The van der Waals surface area contributed by atoms with Crippen molar-refractivity contribution in [1.82, 2.24) is 10.2 Å². The highest BCUT2D eigenvalue weighted by Gasteiger charge is 2.28.